The van der Waals surface area contributed by atoms with Crippen molar-refractivity contribution in [1.82, 2.24) is 9.97 Å². The standard InChI is InChI=1S/C14H23N3S2/c1-4-15-12-9-13(17-14(16-12)18-3)19-11-7-5-6-10(2)8-11/h9-11H,4-8H2,1-3H3,(H,15,16,17). The fraction of sp³-hybridized carbons (Fsp3) is 0.714. The topological polar surface area (TPSA) is 37.8 Å². The second kappa shape index (κ2) is 7.39. The molecule has 1 aromatic rings. The van der Waals surface area contributed by atoms with Gasteiger partial charge in [0.15, 0.2) is 5.16 Å². The van der Waals surface area contributed by atoms with Crippen LogP contribution in [0.3, 0.4) is 0 Å². The van der Waals surface area contributed by atoms with Gasteiger partial charge in [0.25, 0.3) is 0 Å². The van der Waals surface area contributed by atoms with Gasteiger partial charge in [0.1, 0.15) is 10.8 Å². The summed E-state index contributed by atoms with van der Waals surface area (Å²) in [5.41, 5.74) is 0. The monoisotopic (exact) mass is 297 g/mol. The molecule has 1 aliphatic carbocycles. The van der Waals surface area contributed by atoms with Gasteiger partial charge in [0.05, 0.1) is 0 Å². The molecule has 1 fully saturated rings. The second-order valence-corrected chi connectivity index (χ2v) is 7.21. The van der Waals surface area contributed by atoms with Crippen molar-refractivity contribution < 1.29 is 0 Å². The van der Waals surface area contributed by atoms with Gasteiger partial charge >= 0.3 is 0 Å². The van der Waals surface area contributed by atoms with Crippen LogP contribution >= 0.6 is 23.5 Å². The molecule has 0 amide bonds. The lowest BCUT2D eigenvalue weighted by molar-refractivity contribution is 0.394. The Morgan fingerprint density at radius 2 is 2.21 bits per heavy atom. The minimum absolute atomic E-state index is 0.725. The lowest BCUT2D eigenvalue weighted by Gasteiger charge is -2.25. The number of nitrogens with one attached hydrogen (secondary N) is 1. The molecule has 19 heavy (non-hydrogen) atoms. The smallest absolute Gasteiger partial charge is 0.190 e. The zero-order chi connectivity index (χ0) is 13.7. The zero-order valence-corrected chi connectivity index (χ0v) is 13.6. The van der Waals surface area contributed by atoms with Gasteiger partial charge in [-0.25, -0.2) is 9.97 Å². The van der Waals surface area contributed by atoms with E-state index in [1.165, 1.54) is 25.7 Å². The van der Waals surface area contributed by atoms with Gasteiger partial charge in [-0.2, -0.15) is 0 Å². The first-order chi connectivity index (χ1) is 9.21. The molecule has 1 saturated carbocycles. The Balaban J connectivity index is 2.07. The van der Waals surface area contributed by atoms with E-state index in [-0.39, 0.29) is 0 Å². The highest BCUT2D eigenvalue weighted by Gasteiger charge is 2.20. The molecule has 1 heterocycles. The highest BCUT2D eigenvalue weighted by atomic mass is 32.2. The molecule has 0 aliphatic heterocycles. The maximum atomic E-state index is 4.63. The van der Waals surface area contributed by atoms with E-state index >= 15 is 0 Å². The number of thioether (sulfide) groups is 2. The third-order valence-electron chi connectivity index (χ3n) is 3.40. The Labute approximate surface area is 124 Å². The minimum atomic E-state index is 0.725. The van der Waals surface area contributed by atoms with Crippen molar-refractivity contribution in [3.05, 3.63) is 6.07 Å². The van der Waals surface area contributed by atoms with Crippen LogP contribution in [0.5, 0.6) is 0 Å². The van der Waals surface area contributed by atoms with E-state index in [4.69, 9.17) is 0 Å². The van der Waals surface area contributed by atoms with Crippen molar-refractivity contribution in [2.75, 3.05) is 18.1 Å². The minimum Gasteiger partial charge on any atom is -0.370 e. The molecular formula is C14H23N3S2. The van der Waals surface area contributed by atoms with E-state index in [9.17, 15) is 0 Å². The number of aromatic nitrogens is 2. The Hall–Kier alpha value is -0.420. The van der Waals surface area contributed by atoms with Crippen molar-refractivity contribution in [3.8, 4) is 0 Å². The molecule has 0 saturated heterocycles. The number of nitrogens with zero attached hydrogens (tertiary/aromatic N) is 2. The van der Waals surface area contributed by atoms with Crippen molar-refractivity contribution >= 4 is 29.3 Å². The van der Waals surface area contributed by atoms with E-state index in [1.807, 2.05) is 18.0 Å². The quantitative estimate of drug-likeness (QED) is 0.498. The summed E-state index contributed by atoms with van der Waals surface area (Å²) in [6.07, 6.45) is 7.42. The van der Waals surface area contributed by atoms with Gasteiger partial charge in [0, 0.05) is 17.9 Å². The third kappa shape index (κ3) is 4.56. The fourth-order valence-electron chi connectivity index (χ4n) is 2.48. The van der Waals surface area contributed by atoms with Gasteiger partial charge in [-0.3, -0.25) is 0 Å². The van der Waals surface area contributed by atoms with Crippen LogP contribution in [0.25, 0.3) is 0 Å². The number of anilines is 1. The van der Waals surface area contributed by atoms with Crippen LogP contribution in [0, 0.1) is 5.92 Å². The maximum absolute atomic E-state index is 4.63. The summed E-state index contributed by atoms with van der Waals surface area (Å²) in [6.45, 7) is 5.36. The van der Waals surface area contributed by atoms with Crippen molar-refractivity contribution in [1.29, 1.82) is 0 Å². The fourth-order valence-corrected chi connectivity index (χ4v) is 4.29. The second-order valence-electron chi connectivity index (χ2n) is 5.12. The Bertz CT molecular complexity index is 412. The number of hydrogen-bond donors (Lipinski definition) is 1. The van der Waals surface area contributed by atoms with Crippen LogP contribution in [0.15, 0.2) is 16.2 Å². The van der Waals surface area contributed by atoms with Gasteiger partial charge in [-0.05, 0) is 31.9 Å². The Kier molecular flexibility index (Phi) is 5.82. The summed E-state index contributed by atoms with van der Waals surface area (Å²) >= 11 is 3.54. The van der Waals surface area contributed by atoms with Gasteiger partial charge in [-0.15, -0.1) is 11.8 Å². The van der Waals surface area contributed by atoms with Crippen molar-refractivity contribution in [3.63, 3.8) is 0 Å². The molecule has 106 valence electrons. The van der Waals surface area contributed by atoms with Gasteiger partial charge < -0.3 is 5.32 Å². The lowest BCUT2D eigenvalue weighted by atomic mass is 9.91. The summed E-state index contributed by atoms with van der Waals surface area (Å²) in [5.74, 6) is 1.81. The van der Waals surface area contributed by atoms with E-state index in [0.717, 1.165) is 33.7 Å². The molecule has 2 atom stereocenters. The first kappa shape index (κ1) is 15.0. The van der Waals surface area contributed by atoms with Crippen LogP contribution in [-0.2, 0) is 0 Å². The normalized spacial score (nSPS) is 23.3. The molecule has 1 N–H and O–H groups in total. The predicted molar refractivity (Wildman–Crippen MR) is 85.3 cm³/mol. The average Bonchev–Trinajstić information content (AvgIpc) is 2.39. The molecular weight excluding hydrogens is 274 g/mol. The van der Waals surface area contributed by atoms with Gasteiger partial charge in [-0.1, -0.05) is 31.5 Å². The molecule has 3 nitrogen and oxygen atoms in total. The molecule has 1 aliphatic rings. The summed E-state index contributed by atoms with van der Waals surface area (Å²) < 4.78 is 0. The Morgan fingerprint density at radius 3 is 2.89 bits per heavy atom. The number of hydrogen-bond acceptors (Lipinski definition) is 5. The van der Waals surface area contributed by atoms with Crippen LogP contribution in [0.1, 0.15) is 39.5 Å². The first-order valence-electron chi connectivity index (χ1n) is 7.04. The van der Waals surface area contributed by atoms with Crippen LogP contribution in [-0.4, -0.2) is 28.0 Å². The largest absolute Gasteiger partial charge is 0.370 e. The molecule has 0 bridgehead atoms. The first-order valence-corrected chi connectivity index (χ1v) is 9.15. The highest BCUT2D eigenvalue weighted by molar-refractivity contribution is 8.00. The highest BCUT2D eigenvalue weighted by Crippen LogP contribution is 2.36. The van der Waals surface area contributed by atoms with E-state index in [1.54, 1.807) is 11.8 Å². The predicted octanol–water partition coefficient (Wildman–Crippen LogP) is 4.30. The SMILES string of the molecule is CCNc1cc(SC2CCCC(C)C2)nc(SC)n1. The van der Waals surface area contributed by atoms with Crippen LogP contribution in [0.2, 0.25) is 0 Å². The Morgan fingerprint density at radius 1 is 1.37 bits per heavy atom. The van der Waals surface area contributed by atoms with Crippen LogP contribution in [0.4, 0.5) is 5.82 Å². The molecule has 2 unspecified atom stereocenters. The van der Waals surface area contributed by atoms with Gasteiger partial charge in [0.2, 0.25) is 0 Å². The van der Waals surface area contributed by atoms with Crippen molar-refractivity contribution in [2.24, 2.45) is 5.92 Å². The summed E-state index contributed by atoms with van der Waals surface area (Å²) in [7, 11) is 0. The lowest BCUT2D eigenvalue weighted by Crippen LogP contribution is -2.15. The van der Waals surface area contributed by atoms with Crippen molar-refractivity contribution in [2.45, 2.75) is 55.0 Å². The molecule has 2 rings (SSSR count). The molecule has 0 aromatic carbocycles. The summed E-state index contributed by atoms with van der Waals surface area (Å²) in [4.78, 5) is 9.11. The zero-order valence-electron chi connectivity index (χ0n) is 12.0. The summed E-state index contributed by atoms with van der Waals surface area (Å²) in [6, 6.07) is 2.09. The molecule has 0 spiro atoms. The average molecular weight is 297 g/mol. The van der Waals surface area contributed by atoms with Crippen LogP contribution < -0.4 is 5.32 Å². The van der Waals surface area contributed by atoms with E-state index < -0.39 is 0 Å². The molecule has 1 aromatic heterocycles. The molecule has 5 heteroatoms. The summed E-state index contributed by atoms with van der Waals surface area (Å²) in [5, 5.41) is 6.00. The number of rotatable bonds is 5. The maximum Gasteiger partial charge on any atom is 0.190 e. The third-order valence-corrected chi connectivity index (χ3v) is 5.16. The van der Waals surface area contributed by atoms with E-state index in [0.29, 0.717) is 0 Å². The van der Waals surface area contributed by atoms with E-state index in [2.05, 4.69) is 35.2 Å². The molecule has 0 radical (unpaired) electrons.